The molecule has 27 nitrogen and oxygen atoms in total. The molecular formula is C66H86N10O17S. The van der Waals surface area contributed by atoms with Crippen molar-refractivity contribution in [3.05, 3.63) is 92.5 Å². The quantitative estimate of drug-likeness (QED) is 0.0316. The van der Waals surface area contributed by atoms with Gasteiger partial charge in [-0.05, 0) is 105 Å². The van der Waals surface area contributed by atoms with Crippen LogP contribution in [0.15, 0.2) is 42.5 Å². The number of urea groups is 1. The van der Waals surface area contributed by atoms with E-state index in [1.165, 1.54) is 56.8 Å². The van der Waals surface area contributed by atoms with Gasteiger partial charge in [0.1, 0.15) is 31.2 Å². The highest BCUT2D eigenvalue weighted by molar-refractivity contribution is 7.99. The summed E-state index contributed by atoms with van der Waals surface area (Å²) in [5, 5.41) is 39.4. The molecule has 0 aromatic heterocycles. The summed E-state index contributed by atoms with van der Waals surface area (Å²) in [6.45, 7) is 12.8. The zero-order chi connectivity index (χ0) is 67.8. The molecule has 0 radical (unpaired) electrons. The Morgan fingerprint density at radius 1 is 0.883 bits per heavy atom. The number of likely N-dealkylation sites (N-methyl/N-ethyl adjacent to an activating group) is 3. The number of esters is 2. The number of aromatic hydroxyl groups is 1. The number of phenols is 1. The molecule has 4 bridgehead atoms. The number of carbonyl (C=O) groups is 7. The number of thioether (sulfide) groups is 1. The number of rotatable bonds is 20. The highest BCUT2D eigenvalue weighted by Gasteiger charge is 2.62. The van der Waals surface area contributed by atoms with Gasteiger partial charge in [-0.15, -0.1) is 11.8 Å². The molecule has 9 atom stereocenters. The Bertz CT molecular complexity index is 3590. The molecule has 4 aromatic carbocycles. The summed E-state index contributed by atoms with van der Waals surface area (Å²) in [4.78, 5) is 101. The van der Waals surface area contributed by atoms with Crippen LogP contribution >= 0.6 is 11.8 Å². The Morgan fingerprint density at radius 3 is 2.27 bits per heavy atom. The first-order valence-electron chi connectivity index (χ1n) is 31.6. The van der Waals surface area contributed by atoms with Gasteiger partial charge in [0.2, 0.25) is 18.6 Å². The van der Waals surface area contributed by atoms with Crippen LogP contribution in [0, 0.1) is 19.8 Å². The van der Waals surface area contributed by atoms with E-state index in [0.29, 0.717) is 87.7 Å². The Hall–Kier alpha value is -8.28. The standard InChI is InChI=1S/C66H86N10O17S/c1-32(2)50(70-33(3)4)60(80)72-42(14-13-20-68-63(67)83)59(79)71-40-17-15-37(16-18-40)28-89-64(84)73(8)22-23-74(9)65(85)93-46-26-38-19-21-69-66(41(38)27-45(46)86-11)30-94-58-49-48(57-56(90-31-91-57)35(6)55(49)92-36(7)77)44(29-88-62(66)82)76-52(58)51-47-39(25-43(61(76)81)75(51)10)24-34(5)54(87-12)53(47)78/h15-18,24,26-27,32-33,42-44,50-52,58,61,69-70,78,81H,13-14,19-23,25,28-31H2,1-12H3,(H,71,79)(H,72,80)(H3,67,68,83)/t42-,43-,44-,50-,51+,52+,58+,61-,66+/m0/s1. The van der Waals surface area contributed by atoms with Crippen molar-refractivity contribution < 1.29 is 81.7 Å². The van der Waals surface area contributed by atoms with Crippen LogP contribution in [-0.2, 0) is 53.6 Å². The number of aryl methyl sites for hydroxylation is 1. The van der Waals surface area contributed by atoms with Crippen LogP contribution in [0.2, 0.25) is 0 Å². The number of primary amides is 1. The average molecular weight is 1320 g/mol. The first-order valence-corrected chi connectivity index (χ1v) is 32.6. The number of fused-ring (bicyclic) bond motifs is 9. The van der Waals surface area contributed by atoms with Gasteiger partial charge in [-0.3, -0.25) is 29.5 Å². The number of carbonyl (C=O) groups excluding carboxylic acids is 7. The second-order valence-electron chi connectivity index (χ2n) is 25.4. The lowest BCUT2D eigenvalue weighted by molar-refractivity contribution is -0.186. The zero-order valence-electron chi connectivity index (χ0n) is 55.1. The van der Waals surface area contributed by atoms with E-state index in [2.05, 4.69) is 31.5 Å². The van der Waals surface area contributed by atoms with E-state index in [-0.39, 0.29) is 92.7 Å². The molecule has 4 aromatic rings. The number of phenolic OH excluding ortho intramolecular Hbond substituents is 1. The highest BCUT2D eigenvalue weighted by atomic mass is 32.2. The van der Waals surface area contributed by atoms with Gasteiger partial charge in [-0.1, -0.05) is 45.9 Å². The summed E-state index contributed by atoms with van der Waals surface area (Å²) >= 11 is 1.40. The molecule has 1 spiro atoms. The first-order chi connectivity index (χ1) is 44.8. The molecule has 2 fully saturated rings. The molecule has 7 aliphatic rings. The summed E-state index contributed by atoms with van der Waals surface area (Å²) in [5.41, 5.74) is 9.85. The third kappa shape index (κ3) is 13.4. The highest BCUT2D eigenvalue weighted by Crippen LogP contribution is 2.64. The van der Waals surface area contributed by atoms with Gasteiger partial charge in [-0.2, -0.15) is 0 Å². The van der Waals surface area contributed by atoms with Crippen molar-refractivity contribution in [1.29, 1.82) is 0 Å². The molecule has 7 aliphatic heterocycles. The van der Waals surface area contributed by atoms with Gasteiger partial charge in [0.05, 0.1) is 43.6 Å². The third-order valence-electron chi connectivity index (χ3n) is 18.5. The van der Waals surface area contributed by atoms with Crippen molar-refractivity contribution in [3.63, 3.8) is 0 Å². The molecule has 0 aliphatic carbocycles. The van der Waals surface area contributed by atoms with E-state index in [1.54, 1.807) is 43.3 Å². The smallest absolute Gasteiger partial charge is 0.415 e. The maximum absolute atomic E-state index is 15.3. The topological polar surface area (TPSA) is 333 Å². The number of anilines is 1. The number of aliphatic hydroxyl groups excluding tert-OH is 1. The zero-order valence-corrected chi connectivity index (χ0v) is 55.9. The lowest BCUT2D eigenvalue weighted by atomic mass is 9.73. The van der Waals surface area contributed by atoms with Crippen LogP contribution < -0.4 is 60.7 Å². The van der Waals surface area contributed by atoms with Crippen molar-refractivity contribution in [2.24, 2.45) is 11.7 Å². The SMILES string of the molecule is COc1cc2c(cc1OC(=O)N(C)CCN(C)C(=O)OCc1ccc(NC(=O)[C@H](CCCNC(N)=O)NC(=O)[C@@H](NC(C)C)C(C)C)cc1)CCN[C@]21CS[C@@H]2c3c(OC(C)=O)c(C)c4c(c3[C@H](COC1=O)N1[C@@H]2[C@H]2c3c(cc(C)c(OC)c3O)C[C@@H]([C@@H]1O)N2C)OCO4. The number of ether oxygens (including phenoxy) is 8. The van der Waals surface area contributed by atoms with E-state index < -0.39 is 89.3 Å². The number of methoxy groups -OCH3 is 2. The lowest BCUT2D eigenvalue weighted by Gasteiger charge is -2.62. The molecule has 7 heterocycles. The Morgan fingerprint density at radius 2 is 1.60 bits per heavy atom. The fourth-order valence-electron chi connectivity index (χ4n) is 13.9. The Labute approximate surface area is 550 Å². The Kier molecular flexibility index (Phi) is 20.7. The summed E-state index contributed by atoms with van der Waals surface area (Å²) in [6.07, 6.45) is -1.17. The second kappa shape index (κ2) is 28.4. The van der Waals surface area contributed by atoms with Crippen molar-refractivity contribution in [3.8, 4) is 40.2 Å². The molecular weight excluding hydrogens is 1240 g/mol. The van der Waals surface area contributed by atoms with Gasteiger partial charge >= 0.3 is 30.2 Å². The normalized spacial score (nSPS) is 22.3. The number of benzene rings is 4. The molecule has 2 saturated heterocycles. The van der Waals surface area contributed by atoms with Gasteiger partial charge in [0.25, 0.3) is 0 Å². The van der Waals surface area contributed by atoms with Crippen LogP contribution in [0.1, 0.15) is 115 Å². The van der Waals surface area contributed by atoms with Crippen LogP contribution in [0.5, 0.6) is 40.2 Å². The molecule has 508 valence electrons. The molecule has 6 amide bonds. The van der Waals surface area contributed by atoms with Gasteiger partial charge in [-0.25, -0.2) is 19.2 Å². The van der Waals surface area contributed by atoms with Crippen LogP contribution in [0.4, 0.5) is 20.1 Å². The molecule has 0 unspecified atom stereocenters. The predicted molar refractivity (Wildman–Crippen MR) is 345 cm³/mol. The monoisotopic (exact) mass is 1320 g/mol. The van der Waals surface area contributed by atoms with E-state index in [1.807, 2.05) is 52.6 Å². The Balaban J connectivity index is 0.831. The molecule has 9 N–H and O–H groups in total. The molecule has 11 rings (SSSR count). The number of nitrogens with two attached hydrogens (primary N) is 1. The predicted octanol–water partition coefficient (Wildman–Crippen LogP) is 5.30. The van der Waals surface area contributed by atoms with Crippen LogP contribution in [0.25, 0.3) is 0 Å². The van der Waals surface area contributed by atoms with Crippen molar-refractivity contribution in [2.75, 3.05) is 86.0 Å². The number of hydrogen-bond acceptors (Lipinski definition) is 22. The van der Waals surface area contributed by atoms with E-state index >= 15 is 4.79 Å². The van der Waals surface area contributed by atoms with E-state index in [9.17, 15) is 39.0 Å². The van der Waals surface area contributed by atoms with Gasteiger partial charge < -0.3 is 84.9 Å². The maximum Gasteiger partial charge on any atom is 0.415 e. The molecule has 0 saturated carbocycles. The number of nitrogens with one attached hydrogen (secondary N) is 5. The minimum absolute atomic E-state index is 0.0155. The van der Waals surface area contributed by atoms with Crippen LogP contribution in [-0.4, -0.2) is 189 Å². The minimum atomic E-state index is -1.54. The van der Waals surface area contributed by atoms with E-state index in [4.69, 9.17) is 43.6 Å². The average Bonchev–Trinajstić information content (AvgIpc) is 0.895. The summed E-state index contributed by atoms with van der Waals surface area (Å²) in [6, 6.07) is 7.24. The number of hydrogen-bond donors (Lipinski definition) is 8. The number of amides is 6. The molecule has 28 heteroatoms. The number of piperazine rings is 1. The first kappa shape index (κ1) is 68.6. The summed E-state index contributed by atoms with van der Waals surface area (Å²) in [5.74, 6) is -0.439. The lowest BCUT2D eigenvalue weighted by Crippen LogP contribution is -2.70. The number of aliphatic hydroxyl groups is 1. The van der Waals surface area contributed by atoms with Crippen LogP contribution in [0.3, 0.4) is 0 Å². The molecule has 94 heavy (non-hydrogen) atoms. The third-order valence-corrected chi connectivity index (χ3v) is 20.0. The minimum Gasteiger partial charge on any atom is -0.504 e. The van der Waals surface area contributed by atoms with E-state index in [0.717, 1.165) is 11.1 Å². The fourth-order valence-corrected chi connectivity index (χ4v) is 15.6. The van der Waals surface area contributed by atoms with Crippen molar-refractivity contribution in [1.82, 2.24) is 40.9 Å². The van der Waals surface area contributed by atoms with Gasteiger partial charge in [0.15, 0.2) is 40.0 Å². The largest absolute Gasteiger partial charge is 0.504 e. The summed E-state index contributed by atoms with van der Waals surface area (Å²) < 4.78 is 48.4. The second-order valence-corrected chi connectivity index (χ2v) is 26.5. The van der Waals surface area contributed by atoms with Gasteiger partial charge in [0, 0.05) is 93.0 Å². The summed E-state index contributed by atoms with van der Waals surface area (Å²) in [7, 11) is 7.91. The number of nitrogens with zero attached hydrogens (tertiary/aromatic N) is 4. The van der Waals surface area contributed by atoms with Crippen molar-refractivity contribution >= 4 is 59.4 Å². The fraction of sp³-hybridized carbons (Fsp3) is 0.530. The maximum atomic E-state index is 15.3. The van der Waals surface area contributed by atoms with Crippen molar-refractivity contribution in [2.45, 2.75) is 140 Å².